The van der Waals surface area contributed by atoms with Crippen LogP contribution < -0.4 is 0 Å². The average molecular weight is 247 g/mol. The molecule has 0 N–H and O–H groups in total. The molecule has 0 amide bonds. The van der Waals surface area contributed by atoms with Crippen molar-refractivity contribution in [3.63, 3.8) is 0 Å². The smallest absolute Gasteiger partial charge is 0.0375 e. The Kier molecular flexibility index (Phi) is 5.37. The third kappa shape index (κ3) is 3.34. The van der Waals surface area contributed by atoms with E-state index in [-0.39, 0.29) is 7.43 Å². The van der Waals surface area contributed by atoms with Gasteiger partial charge in [-0.1, -0.05) is 27.3 Å². The number of rotatable bonds is 0. The van der Waals surface area contributed by atoms with Crippen LogP contribution in [0.3, 0.4) is 0 Å². The molecular formula is C17H29N. The second-order valence-corrected chi connectivity index (χ2v) is 5.97. The Morgan fingerprint density at radius 3 is 1.61 bits per heavy atom. The first-order valence-corrected chi connectivity index (χ1v) is 6.98. The highest BCUT2D eigenvalue weighted by Crippen LogP contribution is 2.51. The summed E-state index contributed by atoms with van der Waals surface area (Å²) in [6, 6.07) is 6.00. The van der Waals surface area contributed by atoms with E-state index in [4.69, 9.17) is 0 Å². The first-order chi connectivity index (χ1) is 8.08. The van der Waals surface area contributed by atoms with Crippen molar-refractivity contribution in [2.24, 2.45) is 23.7 Å². The predicted molar refractivity (Wildman–Crippen MR) is 79.6 cm³/mol. The molecule has 1 nitrogen and oxygen atoms in total. The Labute approximate surface area is 113 Å². The summed E-state index contributed by atoms with van der Waals surface area (Å²) in [5.41, 5.74) is 2.18. The number of hydrogen-bond donors (Lipinski definition) is 0. The first-order valence-electron chi connectivity index (χ1n) is 6.98. The molecule has 1 heterocycles. The van der Waals surface area contributed by atoms with E-state index in [1.165, 1.54) is 12.8 Å². The molecule has 2 aliphatic rings. The molecule has 2 saturated carbocycles. The van der Waals surface area contributed by atoms with Gasteiger partial charge in [0.15, 0.2) is 0 Å². The standard InChI is InChI=1S/C9H16.C7H9N.CH4/c1-6-7(2)9-4-3-8(6)5-9;1-6-4-3-5-7(2)8-6;/h6-9H,3-5H2,1-2H3;3-5H,1-2H3;1H4. The fourth-order valence-electron chi connectivity index (χ4n) is 3.55. The normalized spacial score (nSPS) is 32.4. The van der Waals surface area contributed by atoms with Crippen LogP contribution in [0.5, 0.6) is 0 Å². The Morgan fingerprint density at radius 1 is 0.944 bits per heavy atom. The second-order valence-electron chi connectivity index (χ2n) is 5.97. The number of fused-ring (bicyclic) bond motifs is 2. The molecule has 1 heteroatoms. The van der Waals surface area contributed by atoms with Crippen molar-refractivity contribution in [1.29, 1.82) is 0 Å². The highest BCUT2D eigenvalue weighted by atomic mass is 14.7. The summed E-state index contributed by atoms with van der Waals surface area (Å²) in [6.07, 6.45) is 4.63. The number of nitrogens with zero attached hydrogens (tertiary/aromatic N) is 1. The molecule has 4 atom stereocenters. The van der Waals surface area contributed by atoms with Gasteiger partial charge in [-0.05, 0) is 68.9 Å². The monoisotopic (exact) mass is 247 g/mol. The molecule has 0 aromatic carbocycles. The second kappa shape index (κ2) is 6.36. The number of pyridine rings is 1. The van der Waals surface area contributed by atoms with Crippen molar-refractivity contribution in [3.8, 4) is 0 Å². The molecule has 102 valence electrons. The van der Waals surface area contributed by atoms with E-state index in [1.807, 2.05) is 32.0 Å². The Hall–Kier alpha value is -0.850. The van der Waals surface area contributed by atoms with Gasteiger partial charge >= 0.3 is 0 Å². The highest BCUT2D eigenvalue weighted by Gasteiger charge is 2.42. The number of aryl methyl sites for hydroxylation is 2. The maximum Gasteiger partial charge on any atom is 0.0375 e. The molecule has 2 aliphatic carbocycles. The quantitative estimate of drug-likeness (QED) is 0.627. The molecule has 2 bridgehead atoms. The Morgan fingerprint density at radius 2 is 1.39 bits per heavy atom. The molecule has 1 aromatic rings. The van der Waals surface area contributed by atoms with E-state index in [9.17, 15) is 0 Å². The van der Waals surface area contributed by atoms with E-state index in [0.717, 1.165) is 35.1 Å². The van der Waals surface area contributed by atoms with Gasteiger partial charge in [0.2, 0.25) is 0 Å². The van der Waals surface area contributed by atoms with Gasteiger partial charge in [-0.2, -0.15) is 0 Å². The fourth-order valence-corrected chi connectivity index (χ4v) is 3.55. The molecule has 2 fully saturated rings. The lowest BCUT2D eigenvalue weighted by Crippen LogP contribution is -2.15. The van der Waals surface area contributed by atoms with Crippen molar-refractivity contribution in [2.45, 2.75) is 54.4 Å². The van der Waals surface area contributed by atoms with Crippen LogP contribution in [0, 0.1) is 37.5 Å². The third-order valence-electron chi connectivity index (χ3n) is 4.86. The van der Waals surface area contributed by atoms with Crippen LogP contribution in [0.2, 0.25) is 0 Å². The maximum absolute atomic E-state index is 4.17. The summed E-state index contributed by atoms with van der Waals surface area (Å²) in [5.74, 6) is 4.32. The molecule has 0 saturated heterocycles. The van der Waals surface area contributed by atoms with E-state index in [2.05, 4.69) is 18.8 Å². The van der Waals surface area contributed by atoms with Gasteiger partial charge in [-0.25, -0.2) is 0 Å². The van der Waals surface area contributed by atoms with Crippen LogP contribution in [-0.4, -0.2) is 4.98 Å². The number of aromatic nitrogens is 1. The minimum atomic E-state index is 0. The van der Waals surface area contributed by atoms with Gasteiger partial charge < -0.3 is 0 Å². The molecule has 1 aromatic heterocycles. The Balaban J connectivity index is 0.000000172. The first kappa shape index (κ1) is 15.2. The van der Waals surface area contributed by atoms with E-state index in [1.54, 1.807) is 6.42 Å². The summed E-state index contributed by atoms with van der Waals surface area (Å²) < 4.78 is 0. The fraction of sp³-hybridized carbons (Fsp3) is 0.706. The zero-order chi connectivity index (χ0) is 12.4. The molecule has 0 radical (unpaired) electrons. The minimum absolute atomic E-state index is 0. The molecule has 0 aliphatic heterocycles. The zero-order valence-electron chi connectivity index (χ0n) is 11.6. The van der Waals surface area contributed by atoms with Crippen LogP contribution >= 0.6 is 0 Å². The molecule has 4 unspecified atom stereocenters. The average Bonchev–Trinajstić information content (AvgIpc) is 2.84. The lowest BCUT2D eigenvalue weighted by Gasteiger charge is -2.24. The lowest BCUT2D eigenvalue weighted by atomic mass is 9.82. The predicted octanol–water partition coefficient (Wildman–Crippen LogP) is 5.02. The van der Waals surface area contributed by atoms with E-state index < -0.39 is 0 Å². The summed E-state index contributed by atoms with van der Waals surface area (Å²) in [6.45, 7) is 8.86. The minimum Gasteiger partial charge on any atom is -0.258 e. The highest BCUT2D eigenvalue weighted by molar-refractivity contribution is 5.07. The van der Waals surface area contributed by atoms with Crippen molar-refractivity contribution in [1.82, 2.24) is 4.98 Å². The van der Waals surface area contributed by atoms with Crippen LogP contribution in [0.4, 0.5) is 0 Å². The van der Waals surface area contributed by atoms with Gasteiger partial charge in [0.05, 0.1) is 0 Å². The van der Waals surface area contributed by atoms with Gasteiger partial charge in [-0.15, -0.1) is 0 Å². The van der Waals surface area contributed by atoms with Crippen molar-refractivity contribution in [2.75, 3.05) is 0 Å². The largest absolute Gasteiger partial charge is 0.258 e. The topological polar surface area (TPSA) is 12.9 Å². The lowest BCUT2D eigenvalue weighted by molar-refractivity contribution is 0.259. The molecule has 18 heavy (non-hydrogen) atoms. The van der Waals surface area contributed by atoms with E-state index >= 15 is 0 Å². The zero-order valence-corrected chi connectivity index (χ0v) is 11.6. The van der Waals surface area contributed by atoms with Crippen LogP contribution in [0.1, 0.15) is 51.9 Å². The molecule has 3 rings (SSSR count). The maximum atomic E-state index is 4.17. The van der Waals surface area contributed by atoms with E-state index in [0.29, 0.717) is 0 Å². The van der Waals surface area contributed by atoms with Gasteiger partial charge in [-0.3, -0.25) is 4.98 Å². The molecule has 0 spiro atoms. The summed E-state index contributed by atoms with van der Waals surface area (Å²) in [7, 11) is 0. The van der Waals surface area contributed by atoms with Crippen LogP contribution in [0.25, 0.3) is 0 Å². The van der Waals surface area contributed by atoms with Gasteiger partial charge in [0, 0.05) is 11.4 Å². The van der Waals surface area contributed by atoms with Gasteiger partial charge in [0.25, 0.3) is 0 Å². The third-order valence-corrected chi connectivity index (χ3v) is 4.86. The SMILES string of the molecule is C.CC1C2CCC(C2)C1C.Cc1cccc(C)n1. The van der Waals surface area contributed by atoms with Crippen LogP contribution in [0.15, 0.2) is 18.2 Å². The summed E-state index contributed by atoms with van der Waals surface area (Å²) in [4.78, 5) is 4.17. The van der Waals surface area contributed by atoms with Crippen molar-refractivity contribution >= 4 is 0 Å². The summed E-state index contributed by atoms with van der Waals surface area (Å²) >= 11 is 0. The summed E-state index contributed by atoms with van der Waals surface area (Å²) in [5, 5.41) is 0. The molecular weight excluding hydrogens is 218 g/mol. The van der Waals surface area contributed by atoms with Crippen LogP contribution in [-0.2, 0) is 0 Å². The number of hydrogen-bond acceptors (Lipinski definition) is 1. The Bertz CT molecular complexity index is 336. The van der Waals surface area contributed by atoms with Crippen molar-refractivity contribution < 1.29 is 0 Å². The van der Waals surface area contributed by atoms with Gasteiger partial charge in [0.1, 0.15) is 0 Å². The van der Waals surface area contributed by atoms with Crippen molar-refractivity contribution in [3.05, 3.63) is 29.6 Å².